The molecule has 182 valence electrons. The minimum atomic E-state index is -0.277. The SMILES string of the molecule is Cc1c(C(=O)N2CCN(c3nc(-c4ccnc(Cl)c4)cs3)CC2)cnn1-c1nn2cccc2c(=O)[nH]1. The summed E-state index contributed by atoms with van der Waals surface area (Å²) in [5.74, 6) is 0.147. The Morgan fingerprint density at radius 1 is 1.19 bits per heavy atom. The van der Waals surface area contributed by atoms with E-state index < -0.39 is 0 Å². The van der Waals surface area contributed by atoms with Gasteiger partial charge in [0.25, 0.3) is 11.5 Å². The highest BCUT2D eigenvalue weighted by atomic mass is 35.5. The van der Waals surface area contributed by atoms with E-state index in [1.807, 2.05) is 16.3 Å². The van der Waals surface area contributed by atoms with Crippen molar-refractivity contribution in [3.63, 3.8) is 0 Å². The van der Waals surface area contributed by atoms with E-state index in [0.29, 0.717) is 48.1 Å². The summed E-state index contributed by atoms with van der Waals surface area (Å²) in [4.78, 5) is 41.1. The van der Waals surface area contributed by atoms with Gasteiger partial charge in [0.05, 0.1) is 23.1 Å². The average molecular weight is 522 g/mol. The number of pyridine rings is 1. The molecule has 0 aromatic carbocycles. The van der Waals surface area contributed by atoms with Crippen LogP contribution in [-0.2, 0) is 0 Å². The fraction of sp³-hybridized carbons (Fsp3) is 0.217. The number of hydrogen-bond donors (Lipinski definition) is 1. The molecular formula is C23H20ClN9O2S. The molecule has 36 heavy (non-hydrogen) atoms. The third-order valence-corrected chi connectivity index (χ3v) is 7.29. The molecule has 1 amide bonds. The van der Waals surface area contributed by atoms with Gasteiger partial charge in [0, 0.05) is 49.5 Å². The second kappa shape index (κ2) is 8.88. The Labute approximate surface area is 213 Å². The zero-order valence-electron chi connectivity index (χ0n) is 19.1. The molecule has 0 spiro atoms. The van der Waals surface area contributed by atoms with Gasteiger partial charge < -0.3 is 9.80 Å². The Morgan fingerprint density at radius 3 is 2.83 bits per heavy atom. The quantitative estimate of drug-likeness (QED) is 0.361. The molecule has 0 atom stereocenters. The van der Waals surface area contributed by atoms with Crippen LogP contribution in [0.1, 0.15) is 16.1 Å². The molecule has 0 bridgehead atoms. The number of fused-ring (bicyclic) bond motifs is 1. The van der Waals surface area contributed by atoms with Crippen LogP contribution in [0.5, 0.6) is 0 Å². The van der Waals surface area contributed by atoms with Gasteiger partial charge >= 0.3 is 0 Å². The summed E-state index contributed by atoms with van der Waals surface area (Å²) >= 11 is 7.57. The maximum absolute atomic E-state index is 13.3. The van der Waals surface area contributed by atoms with Crippen molar-refractivity contribution in [3.8, 4) is 17.2 Å². The standard InChI is InChI=1S/C23H20ClN9O2S/c1-14-16(12-26-33(14)22-28-20(34)18-3-2-6-32(18)29-22)21(35)30-7-9-31(10-8-30)23-27-17(13-36-23)15-4-5-25-19(24)11-15/h2-6,11-13H,7-10H2,1H3,(H,28,29,34). The largest absolute Gasteiger partial charge is 0.345 e. The maximum Gasteiger partial charge on any atom is 0.276 e. The Balaban J connectivity index is 1.16. The highest BCUT2D eigenvalue weighted by molar-refractivity contribution is 7.14. The lowest BCUT2D eigenvalue weighted by atomic mass is 10.2. The predicted octanol–water partition coefficient (Wildman–Crippen LogP) is 2.65. The number of aromatic amines is 1. The van der Waals surface area contributed by atoms with Crippen molar-refractivity contribution in [1.82, 2.24) is 39.2 Å². The molecule has 1 fully saturated rings. The van der Waals surface area contributed by atoms with Crippen LogP contribution in [0.25, 0.3) is 22.7 Å². The first-order valence-electron chi connectivity index (χ1n) is 11.2. The summed E-state index contributed by atoms with van der Waals surface area (Å²) in [6.45, 7) is 4.25. The normalized spacial score (nSPS) is 14.1. The van der Waals surface area contributed by atoms with Crippen LogP contribution in [0, 0.1) is 6.92 Å². The number of rotatable bonds is 4. The monoisotopic (exact) mass is 521 g/mol. The molecule has 13 heteroatoms. The highest BCUT2D eigenvalue weighted by Gasteiger charge is 2.27. The van der Waals surface area contributed by atoms with Crippen molar-refractivity contribution in [2.75, 3.05) is 31.1 Å². The number of anilines is 1. The van der Waals surface area contributed by atoms with Gasteiger partial charge in [0.15, 0.2) is 5.13 Å². The molecular weight excluding hydrogens is 502 g/mol. The molecule has 1 saturated heterocycles. The first kappa shape index (κ1) is 22.4. The molecule has 0 unspecified atom stereocenters. The van der Waals surface area contributed by atoms with Gasteiger partial charge in [0.2, 0.25) is 5.95 Å². The van der Waals surface area contributed by atoms with E-state index in [2.05, 4.69) is 25.1 Å². The molecule has 6 rings (SSSR count). The van der Waals surface area contributed by atoms with Crippen LogP contribution in [-0.4, -0.2) is 71.3 Å². The number of halogens is 1. The smallest absolute Gasteiger partial charge is 0.276 e. The van der Waals surface area contributed by atoms with Gasteiger partial charge in [-0.1, -0.05) is 11.6 Å². The molecule has 0 saturated carbocycles. The summed E-state index contributed by atoms with van der Waals surface area (Å²) in [6.07, 6.45) is 4.88. The summed E-state index contributed by atoms with van der Waals surface area (Å²) < 4.78 is 2.97. The first-order chi connectivity index (χ1) is 17.5. The number of piperazine rings is 1. The Morgan fingerprint density at radius 2 is 2.03 bits per heavy atom. The number of hydrogen-bond acceptors (Lipinski definition) is 8. The number of aromatic nitrogens is 7. The van der Waals surface area contributed by atoms with Crippen molar-refractivity contribution >= 4 is 39.5 Å². The van der Waals surface area contributed by atoms with Crippen LogP contribution < -0.4 is 10.5 Å². The van der Waals surface area contributed by atoms with Gasteiger partial charge in [-0.15, -0.1) is 16.4 Å². The summed E-state index contributed by atoms with van der Waals surface area (Å²) in [6, 6.07) is 7.10. The summed E-state index contributed by atoms with van der Waals surface area (Å²) in [7, 11) is 0. The third-order valence-electron chi connectivity index (χ3n) is 6.18. The van der Waals surface area contributed by atoms with Crippen LogP contribution in [0.2, 0.25) is 5.15 Å². The zero-order chi connectivity index (χ0) is 24.8. The van der Waals surface area contributed by atoms with Gasteiger partial charge in [-0.25, -0.2) is 19.2 Å². The van der Waals surface area contributed by atoms with Crippen molar-refractivity contribution in [2.24, 2.45) is 0 Å². The zero-order valence-corrected chi connectivity index (χ0v) is 20.7. The third kappa shape index (κ3) is 3.93. The van der Waals surface area contributed by atoms with Gasteiger partial charge in [-0.3, -0.25) is 14.6 Å². The maximum atomic E-state index is 13.3. The van der Waals surface area contributed by atoms with Crippen LogP contribution >= 0.6 is 22.9 Å². The summed E-state index contributed by atoms with van der Waals surface area (Å²) in [5, 5.41) is 12.1. The fourth-order valence-electron chi connectivity index (χ4n) is 4.24. The van der Waals surface area contributed by atoms with Gasteiger partial charge in [-0.2, -0.15) is 5.10 Å². The van der Waals surface area contributed by atoms with Crippen molar-refractivity contribution < 1.29 is 4.79 Å². The Bertz CT molecular complexity index is 1640. The lowest BCUT2D eigenvalue weighted by Crippen LogP contribution is -2.48. The number of nitrogens with zero attached hydrogens (tertiary/aromatic N) is 8. The minimum Gasteiger partial charge on any atom is -0.345 e. The second-order valence-corrected chi connectivity index (χ2v) is 9.56. The van der Waals surface area contributed by atoms with Gasteiger partial charge in [-0.05, 0) is 31.2 Å². The van der Waals surface area contributed by atoms with Crippen molar-refractivity contribution in [3.05, 3.63) is 75.0 Å². The number of amides is 1. The van der Waals surface area contributed by atoms with E-state index in [-0.39, 0.29) is 17.4 Å². The van der Waals surface area contributed by atoms with Crippen LogP contribution in [0.4, 0.5) is 5.13 Å². The molecule has 1 aliphatic rings. The molecule has 6 heterocycles. The number of thiazole rings is 1. The van der Waals surface area contributed by atoms with Crippen LogP contribution in [0.15, 0.2) is 53.0 Å². The number of nitrogens with one attached hydrogen (secondary N) is 1. The van der Waals surface area contributed by atoms with E-state index >= 15 is 0 Å². The van der Waals surface area contributed by atoms with E-state index in [1.165, 1.54) is 15.4 Å². The number of carbonyl (C=O) groups excluding carboxylic acids is 1. The van der Waals surface area contributed by atoms with Crippen LogP contribution in [0.3, 0.4) is 0 Å². The van der Waals surface area contributed by atoms with E-state index in [9.17, 15) is 9.59 Å². The molecule has 0 aliphatic carbocycles. The Hall–Kier alpha value is -4.03. The average Bonchev–Trinajstić information content (AvgIpc) is 3.64. The number of H-pyrrole nitrogens is 1. The predicted molar refractivity (Wildman–Crippen MR) is 136 cm³/mol. The first-order valence-corrected chi connectivity index (χ1v) is 12.5. The van der Waals surface area contributed by atoms with Crippen molar-refractivity contribution in [2.45, 2.75) is 6.92 Å². The molecule has 1 aliphatic heterocycles. The van der Waals surface area contributed by atoms with E-state index in [4.69, 9.17) is 16.6 Å². The highest BCUT2D eigenvalue weighted by Crippen LogP contribution is 2.29. The van der Waals surface area contributed by atoms with Crippen molar-refractivity contribution in [1.29, 1.82) is 0 Å². The number of carbonyl (C=O) groups is 1. The van der Waals surface area contributed by atoms with E-state index in [0.717, 1.165) is 16.4 Å². The molecule has 0 radical (unpaired) electrons. The second-order valence-electron chi connectivity index (χ2n) is 8.33. The fourth-order valence-corrected chi connectivity index (χ4v) is 5.30. The topological polar surface area (TPSA) is 117 Å². The lowest BCUT2D eigenvalue weighted by molar-refractivity contribution is 0.0746. The molecule has 11 nitrogen and oxygen atoms in total. The minimum absolute atomic E-state index is 0.103. The Kier molecular flexibility index (Phi) is 5.53. The molecule has 5 aromatic rings. The van der Waals surface area contributed by atoms with Gasteiger partial charge in [0.1, 0.15) is 10.7 Å². The molecule has 1 N–H and O–H groups in total. The lowest BCUT2D eigenvalue weighted by Gasteiger charge is -2.34. The molecule has 5 aromatic heterocycles. The summed E-state index contributed by atoms with van der Waals surface area (Å²) in [5.41, 5.74) is 3.02. The van der Waals surface area contributed by atoms with E-state index in [1.54, 1.807) is 48.9 Å².